The van der Waals surface area contributed by atoms with Gasteiger partial charge in [-0.3, -0.25) is 9.69 Å². The Morgan fingerprint density at radius 1 is 1.20 bits per heavy atom. The molecule has 10 heteroatoms. The number of aryl methyl sites for hydroxylation is 1. The first-order chi connectivity index (χ1) is 16.8. The predicted octanol–water partition coefficient (Wildman–Crippen LogP) is 5.02. The summed E-state index contributed by atoms with van der Waals surface area (Å²) in [6.45, 7) is 2.67. The highest BCUT2D eigenvalue weighted by Crippen LogP contribution is 2.31. The summed E-state index contributed by atoms with van der Waals surface area (Å²) in [5.41, 5.74) is 2.44. The molecule has 0 spiro atoms. The Labute approximate surface area is 206 Å². The van der Waals surface area contributed by atoms with Crippen molar-refractivity contribution in [3.05, 3.63) is 51.7 Å². The van der Waals surface area contributed by atoms with Crippen molar-refractivity contribution in [2.24, 2.45) is 5.92 Å². The summed E-state index contributed by atoms with van der Waals surface area (Å²) >= 11 is 1.45. The smallest absolute Gasteiger partial charge is 0.349 e. The number of amides is 1. The van der Waals surface area contributed by atoms with Crippen molar-refractivity contribution in [2.45, 2.75) is 70.1 Å². The number of rotatable bonds is 7. The van der Waals surface area contributed by atoms with E-state index in [0.717, 1.165) is 74.2 Å². The second kappa shape index (κ2) is 10.3. The van der Waals surface area contributed by atoms with Crippen molar-refractivity contribution in [3.63, 3.8) is 0 Å². The number of alkyl halides is 3. The van der Waals surface area contributed by atoms with Gasteiger partial charge < -0.3 is 5.32 Å². The standard InChI is InChI=1S/C25H30F3N5OS/c26-25(27,28)11-7-23-31-20-16-32(15-10-22(20)35-23)14-9-17-3-5-18(6-4-17)30-24(34)19-2-1-13-33-21(19)8-12-29-33/h1-2,8,12-13,17-18H,3-7,9-11,14-16H2,(H,30,34)/t17-,18-. The third kappa shape index (κ3) is 6.03. The molecule has 2 aliphatic rings. The van der Waals surface area contributed by atoms with Gasteiger partial charge >= 0.3 is 6.18 Å². The minimum Gasteiger partial charge on any atom is -0.349 e. The molecule has 1 saturated carbocycles. The van der Waals surface area contributed by atoms with Crippen molar-refractivity contribution in [1.82, 2.24) is 24.8 Å². The molecule has 1 aliphatic carbocycles. The molecule has 188 valence electrons. The summed E-state index contributed by atoms with van der Waals surface area (Å²) in [7, 11) is 0. The number of carbonyl (C=O) groups is 1. The fourth-order valence-electron chi connectivity index (χ4n) is 5.22. The highest BCUT2D eigenvalue weighted by molar-refractivity contribution is 7.11. The molecule has 1 fully saturated rings. The molecule has 5 rings (SSSR count). The van der Waals surface area contributed by atoms with E-state index in [9.17, 15) is 18.0 Å². The maximum Gasteiger partial charge on any atom is 0.389 e. The van der Waals surface area contributed by atoms with E-state index in [1.54, 1.807) is 10.7 Å². The van der Waals surface area contributed by atoms with Gasteiger partial charge in [0.15, 0.2) is 0 Å². The molecule has 4 heterocycles. The van der Waals surface area contributed by atoms with E-state index >= 15 is 0 Å². The van der Waals surface area contributed by atoms with Gasteiger partial charge in [0.1, 0.15) is 0 Å². The Balaban J connectivity index is 1.05. The molecule has 1 aliphatic heterocycles. The van der Waals surface area contributed by atoms with Crippen LogP contribution in [-0.2, 0) is 19.4 Å². The minimum absolute atomic E-state index is 0.0153. The number of halogens is 3. The molecule has 1 amide bonds. The van der Waals surface area contributed by atoms with E-state index < -0.39 is 12.6 Å². The summed E-state index contributed by atoms with van der Waals surface area (Å²) < 4.78 is 39.3. The minimum atomic E-state index is -4.13. The number of aromatic nitrogens is 3. The van der Waals surface area contributed by atoms with Gasteiger partial charge in [-0.15, -0.1) is 11.3 Å². The van der Waals surface area contributed by atoms with E-state index in [-0.39, 0.29) is 18.4 Å². The molecule has 0 bridgehead atoms. The zero-order valence-corrected chi connectivity index (χ0v) is 20.4. The average Bonchev–Trinajstić information content (AvgIpc) is 3.48. The SMILES string of the molecule is O=C(N[C@H]1CC[C@H](CCN2CCc3sc(CCC(F)(F)F)nc3C2)CC1)c1cccn2nccc12. The Morgan fingerprint density at radius 2 is 2.03 bits per heavy atom. The molecule has 0 unspecified atom stereocenters. The summed E-state index contributed by atoms with van der Waals surface area (Å²) in [5, 5.41) is 8.01. The molecular weight excluding hydrogens is 475 g/mol. The maximum atomic E-state index is 12.8. The van der Waals surface area contributed by atoms with Gasteiger partial charge in [-0.25, -0.2) is 9.50 Å². The van der Waals surface area contributed by atoms with Gasteiger partial charge in [0.05, 0.1) is 28.0 Å². The van der Waals surface area contributed by atoms with Crippen LogP contribution >= 0.6 is 11.3 Å². The second-order valence-corrected chi connectivity index (χ2v) is 10.8. The molecular formula is C25H30F3N5OS. The summed E-state index contributed by atoms with van der Waals surface area (Å²) in [5.74, 6) is 0.599. The quantitative estimate of drug-likeness (QED) is 0.490. The third-order valence-electron chi connectivity index (χ3n) is 7.19. The van der Waals surface area contributed by atoms with Crippen LogP contribution < -0.4 is 5.32 Å². The zero-order valence-electron chi connectivity index (χ0n) is 19.6. The molecule has 0 saturated heterocycles. The Kier molecular flexibility index (Phi) is 7.11. The Hall–Kier alpha value is -2.46. The van der Waals surface area contributed by atoms with Gasteiger partial charge in [-0.2, -0.15) is 18.3 Å². The summed E-state index contributed by atoms with van der Waals surface area (Å²) in [6.07, 6.45) is 4.73. The second-order valence-electron chi connectivity index (χ2n) is 9.68. The van der Waals surface area contributed by atoms with Crippen LogP contribution in [-0.4, -0.2) is 50.7 Å². The number of hydrogen-bond donors (Lipinski definition) is 1. The molecule has 0 aromatic carbocycles. The van der Waals surface area contributed by atoms with Crippen molar-refractivity contribution in [3.8, 4) is 0 Å². The molecule has 0 atom stereocenters. The average molecular weight is 506 g/mol. The lowest BCUT2D eigenvalue weighted by Crippen LogP contribution is -2.38. The van der Waals surface area contributed by atoms with Gasteiger partial charge in [0.2, 0.25) is 0 Å². The lowest BCUT2D eigenvalue weighted by atomic mass is 9.84. The first-order valence-corrected chi connectivity index (χ1v) is 13.2. The topological polar surface area (TPSA) is 62.5 Å². The first kappa shape index (κ1) is 24.2. The van der Waals surface area contributed by atoms with E-state index in [0.29, 0.717) is 16.5 Å². The highest BCUT2D eigenvalue weighted by atomic mass is 32.1. The van der Waals surface area contributed by atoms with E-state index in [1.807, 2.05) is 24.4 Å². The van der Waals surface area contributed by atoms with Gasteiger partial charge in [0.25, 0.3) is 5.91 Å². The summed E-state index contributed by atoms with van der Waals surface area (Å²) in [4.78, 5) is 20.9. The van der Waals surface area contributed by atoms with Crippen LogP contribution in [0.1, 0.15) is 64.5 Å². The highest BCUT2D eigenvalue weighted by Gasteiger charge is 2.29. The van der Waals surface area contributed by atoms with E-state index in [2.05, 4.69) is 20.3 Å². The van der Waals surface area contributed by atoms with Crippen LogP contribution in [0.2, 0.25) is 0 Å². The van der Waals surface area contributed by atoms with Gasteiger partial charge in [-0.05, 0) is 69.2 Å². The number of fused-ring (bicyclic) bond motifs is 2. The van der Waals surface area contributed by atoms with Crippen LogP contribution in [0, 0.1) is 5.92 Å². The molecule has 0 radical (unpaired) electrons. The normalized spacial score (nSPS) is 21.2. The van der Waals surface area contributed by atoms with Crippen LogP contribution in [0.5, 0.6) is 0 Å². The van der Waals surface area contributed by atoms with Crippen molar-refractivity contribution in [1.29, 1.82) is 0 Å². The number of hydrogen-bond acceptors (Lipinski definition) is 5. The number of nitrogens with zero attached hydrogens (tertiary/aromatic N) is 4. The van der Waals surface area contributed by atoms with E-state index in [4.69, 9.17) is 0 Å². The van der Waals surface area contributed by atoms with Crippen LogP contribution in [0.15, 0.2) is 30.6 Å². The van der Waals surface area contributed by atoms with Crippen LogP contribution in [0.25, 0.3) is 5.52 Å². The van der Waals surface area contributed by atoms with Crippen LogP contribution in [0.4, 0.5) is 13.2 Å². The van der Waals surface area contributed by atoms with E-state index in [1.165, 1.54) is 11.3 Å². The van der Waals surface area contributed by atoms with Crippen molar-refractivity contribution < 1.29 is 18.0 Å². The molecule has 3 aromatic heterocycles. The maximum absolute atomic E-state index is 12.8. The fourth-order valence-corrected chi connectivity index (χ4v) is 6.29. The van der Waals surface area contributed by atoms with Gasteiger partial charge in [-0.1, -0.05) is 0 Å². The lowest BCUT2D eigenvalue weighted by Gasteiger charge is -2.32. The fraction of sp³-hybridized carbons (Fsp3) is 0.560. The zero-order chi connectivity index (χ0) is 24.4. The van der Waals surface area contributed by atoms with Crippen molar-refractivity contribution >= 4 is 22.8 Å². The van der Waals surface area contributed by atoms with Gasteiger partial charge in [0, 0.05) is 43.0 Å². The largest absolute Gasteiger partial charge is 0.389 e. The molecule has 6 nitrogen and oxygen atoms in total. The number of carbonyl (C=O) groups excluding carboxylic acids is 1. The molecule has 3 aromatic rings. The molecule has 1 N–H and O–H groups in total. The lowest BCUT2D eigenvalue weighted by molar-refractivity contribution is -0.134. The summed E-state index contributed by atoms with van der Waals surface area (Å²) in [6, 6.07) is 5.72. The van der Waals surface area contributed by atoms with Crippen molar-refractivity contribution in [2.75, 3.05) is 13.1 Å². The Bertz CT molecular complexity index is 1170. The van der Waals surface area contributed by atoms with Crippen LogP contribution in [0.3, 0.4) is 0 Å². The third-order valence-corrected chi connectivity index (χ3v) is 8.41. The predicted molar refractivity (Wildman–Crippen MR) is 128 cm³/mol. The monoisotopic (exact) mass is 505 g/mol. The molecule has 35 heavy (non-hydrogen) atoms. The number of thiazole rings is 1. The number of nitrogens with one attached hydrogen (secondary N) is 1. The first-order valence-electron chi connectivity index (χ1n) is 12.3. The Morgan fingerprint density at radius 3 is 2.83 bits per heavy atom. The number of pyridine rings is 1.